The predicted octanol–water partition coefficient (Wildman–Crippen LogP) is 2.09. The Kier molecular flexibility index (Phi) is 5.71. The van der Waals surface area contributed by atoms with E-state index in [4.69, 9.17) is 4.74 Å². The van der Waals surface area contributed by atoms with Crippen molar-refractivity contribution < 1.29 is 9.53 Å². The zero-order valence-corrected chi connectivity index (χ0v) is 18.3. The minimum absolute atomic E-state index is 0.0566. The van der Waals surface area contributed by atoms with E-state index in [0.717, 1.165) is 36.3 Å². The number of hydrogen-bond acceptors (Lipinski definition) is 6. The summed E-state index contributed by atoms with van der Waals surface area (Å²) in [5.41, 5.74) is 2.35. The number of carbonyl (C=O) groups excluding carboxylic acids is 1. The molecule has 8 nitrogen and oxygen atoms in total. The first-order chi connectivity index (χ1) is 15.7. The van der Waals surface area contributed by atoms with Crippen molar-refractivity contribution in [3.05, 3.63) is 78.1 Å². The van der Waals surface area contributed by atoms with E-state index in [1.54, 1.807) is 18.6 Å². The fourth-order valence-electron chi connectivity index (χ4n) is 4.90. The van der Waals surface area contributed by atoms with Crippen molar-refractivity contribution >= 4 is 5.91 Å². The maximum absolute atomic E-state index is 13.9. The van der Waals surface area contributed by atoms with Gasteiger partial charge in [-0.2, -0.15) is 5.10 Å². The molecule has 32 heavy (non-hydrogen) atoms. The highest BCUT2D eigenvalue weighted by Crippen LogP contribution is 2.42. The number of aryl methyl sites for hydroxylation is 1. The minimum Gasteiger partial charge on any atom is -0.361 e. The third kappa shape index (κ3) is 3.91. The first-order valence-corrected chi connectivity index (χ1v) is 11.1. The van der Waals surface area contributed by atoms with Crippen LogP contribution in [0.25, 0.3) is 0 Å². The SMILES string of the molecule is CCn1cc(CN2C[C@H](c3cccnc3)[C@@]3(C2)OCCN(Cc2ccncc2)C3=O)cn1. The van der Waals surface area contributed by atoms with E-state index in [1.165, 1.54) is 0 Å². The Morgan fingerprint density at radius 1 is 1.09 bits per heavy atom. The highest BCUT2D eigenvalue weighted by atomic mass is 16.5. The van der Waals surface area contributed by atoms with Crippen LogP contribution in [-0.4, -0.2) is 67.3 Å². The smallest absolute Gasteiger partial charge is 0.257 e. The number of hydrogen-bond donors (Lipinski definition) is 0. The molecule has 166 valence electrons. The summed E-state index contributed by atoms with van der Waals surface area (Å²) in [6.45, 7) is 6.61. The predicted molar refractivity (Wildman–Crippen MR) is 118 cm³/mol. The molecule has 0 radical (unpaired) electrons. The van der Waals surface area contributed by atoms with Gasteiger partial charge in [0.1, 0.15) is 0 Å². The van der Waals surface area contributed by atoms with Gasteiger partial charge in [-0.1, -0.05) is 6.07 Å². The molecule has 1 amide bonds. The number of likely N-dealkylation sites (tertiary alicyclic amines) is 1. The fraction of sp³-hybridized carbons (Fsp3) is 0.417. The molecule has 3 aromatic heterocycles. The van der Waals surface area contributed by atoms with E-state index in [2.05, 4.69) is 39.2 Å². The van der Waals surface area contributed by atoms with E-state index in [1.807, 2.05) is 40.2 Å². The molecule has 0 bridgehead atoms. The molecule has 2 aliphatic rings. The average molecular weight is 433 g/mol. The molecule has 5 rings (SSSR count). The van der Waals surface area contributed by atoms with Crippen molar-refractivity contribution in [1.82, 2.24) is 29.5 Å². The van der Waals surface area contributed by atoms with Crippen LogP contribution < -0.4 is 0 Å². The van der Waals surface area contributed by atoms with Crippen LogP contribution in [0.3, 0.4) is 0 Å². The van der Waals surface area contributed by atoms with Gasteiger partial charge in [0.25, 0.3) is 5.91 Å². The molecule has 2 aliphatic heterocycles. The monoisotopic (exact) mass is 432 g/mol. The number of nitrogens with zero attached hydrogens (tertiary/aromatic N) is 6. The zero-order valence-electron chi connectivity index (χ0n) is 18.3. The Balaban J connectivity index is 1.43. The molecule has 0 aromatic carbocycles. The van der Waals surface area contributed by atoms with Crippen molar-refractivity contribution in [3.8, 4) is 0 Å². The third-order valence-corrected chi connectivity index (χ3v) is 6.46. The maximum atomic E-state index is 13.9. The van der Waals surface area contributed by atoms with Gasteiger partial charge in [0.2, 0.25) is 0 Å². The van der Waals surface area contributed by atoms with E-state index in [0.29, 0.717) is 26.2 Å². The van der Waals surface area contributed by atoms with Crippen LogP contribution in [0.1, 0.15) is 29.5 Å². The van der Waals surface area contributed by atoms with E-state index in [9.17, 15) is 4.79 Å². The maximum Gasteiger partial charge on any atom is 0.257 e. The Morgan fingerprint density at radius 3 is 2.72 bits per heavy atom. The van der Waals surface area contributed by atoms with E-state index in [-0.39, 0.29) is 11.8 Å². The van der Waals surface area contributed by atoms with Crippen molar-refractivity contribution in [3.63, 3.8) is 0 Å². The highest BCUT2D eigenvalue weighted by molar-refractivity contribution is 5.88. The normalized spacial score (nSPS) is 23.8. The molecule has 3 aromatic rings. The molecular formula is C24H28N6O2. The summed E-state index contributed by atoms with van der Waals surface area (Å²) in [5, 5.41) is 4.40. The molecule has 5 heterocycles. The number of amides is 1. The van der Waals surface area contributed by atoms with Crippen LogP contribution in [0.4, 0.5) is 0 Å². The molecule has 8 heteroatoms. The number of rotatable bonds is 6. The van der Waals surface area contributed by atoms with Crippen LogP contribution in [0.15, 0.2) is 61.4 Å². The first kappa shape index (κ1) is 20.8. The van der Waals surface area contributed by atoms with Gasteiger partial charge < -0.3 is 9.64 Å². The summed E-state index contributed by atoms with van der Waals surface area (Å²) in [5.74, 6) is -0.0219. The first-order valence-electron chi connectivity index (χ1n) is 11.1. The Bertz CT molecular complexity index is 1060. The summed E-state index contributed by atoms with van der Waals surface area (Å²) in [6, 6.07) is 7.90. The second-order valence-corrected chi connectivity index (χ2v) is 8.53. The molecule has 0 aliphatic carbocycles. The standard InChI is InChI=1S/C24H28N6O2/c1-2-30-16-20(12-27-30)14-28-17-22(21-4-3-7-26-13-21)24(18-28)23(31)29(10-11-32-24)15-19-5-8-25-9-6-19/h3-9,12-13,16,22H,2,10-11,14-15,17-18H2,1H3/t22-,24-/m1/s1. The van der Waals surface area contributed by atoms with Crippen LogP contribution in [0.5, 0.6) is 0 Å². The van der Waals surface area contributed by atoms with Crippen LogP contribution >= 0.6 is 0 Å². The zero-order chi connectivity index (χ0) is 22.0. The van der Waals surface area contributed by atoms with Crippen LogP contribution in [0.2, 0.25) is 0 Å². The van der Waals surface area contributed by atoms with Gasteiger partial charge in [-0.25, -0.2) is 0 Å². The van der Waals surface area contributed by atoms with Gasteiger partial charge in [-0.05, 0) is 36.2 Å². The summed E-state index contributed by atoms with van der Waals surface area (Å²) in [4.78, 5) is 26.6. The number of morpholine rings is 1. The number of pyridine rings is 2. The van der Waals surface area contributed by atoms with Gasteiger partial charge in [0, 0.05) is 81.7 Å². The Labute approximate surface area is 187 Å². The number of carbonyl (C=O) groups is 1. The lowest BCUT2D eigenvalue weighted by molar-refractivity contribution is -0.173. The molecule has 2 fully saturated rings. The molecule has 2 saturated heterocycles. The lowest BCUT2D eigenvalue weighted by Gasteiger charge is -2.42. The third-order valence-electron chi connectivity index (χ3n) is 6.46. The van der Waals surface area contributed by atoms with Gasteiger partial charge >= 0.3 is 0 Å². The van der Waals surface area contributed by atoms with Crippen LogP contribution in [0, 0.1) is 0 Å². The average Bonchev–Trinajstić information content (AvgIpc) is 3.43. The van der Waals surface area contributed by atoms with Crippen molar-refractivity contribution in [1.29, 1.82) is 0 Å². The number of ether oxygens (including phenoxy) is 1. The summed E-state index contributed by atoms with van der Waals surface area (Å²) in [6.07, 6.45) is 11.1. The molecule has 0 saturated carbocycles. The van der Waals surface area contributed by atoms with Crippen molar-refractivity contribution in [2.24, 2.45) is 0 Å². The fourth-order valence-corrected chi connectivity index (χ4v) is 4.90. The summed E-state index contributed by atoms with van der Waals surface area (Å²) in [7, 11) is 0. The number of aromatic nitrogens is 4. The van der Waals surface area contributed by atoms with Gasteiger partial charge in [-0.15, -0.1) is 0 Å². The Morgan fingerprint density at radius 2 is 1.97 bits per heavy atom. The summed E-state index contributed by atoms with van der Waals surface area (Å²) < 4.78 is 8.30. The molecular weight excluding hydrogens is 404 g/mol. The lowest BCUT2D eigenvalue weighted by atomic mass is 9.83. The highest BCUT2D eigenvalue weighted by Gasteiger charge is 2.57. The molecule has 2 atom stereocenters. The Hall–Kier alpha value is -3.10. The van der Waals surface area contributed by atoms with E-state index < -0.39 is 5.60 Å². The topological polar surface area (TPSA) is 76.4 Å². The molecule has 1 spiro atoms. The summed E-state index contributed by atoms with van der Waals surface area (Å²) >= 11 is 0. The molecule has 0 unspecified atom stereocenters. The minimum atomic E-state index is -0.908. The lowest BCUT2D eigenvalue weighted by Crippen LogP contribution is -2.59. The van der Waals surface area contributed by atoms with Gasteiger partial charge in [0.05, 0.1) is 12.8 Å². The quantitative estimate of drug-likeness (QED) is 0.594. The van der Waals surface area contributed by atoms with Gasteiger partial charge in [0.15, 0.2) is 5.60 Å². The largest absolute Gasteiger partial charge is 0.361 e. The van der Waals surface area contributed by atoms with Crippen molar-refractivity contribution in [2.45, 2.75) is 38.1 Å². The van der Waals surface area contributed by atoms with Crippen LogP contribution in [-0.2, 0) is 29.2 Å². The van der Waals surface area contributed by atoms with Gasteiger partial charge in [-0.3, -0.25) is 24.3 Å². The molecule has 0 N–H and O–H groups in total. The van der Waals surface area contributed by atoms with E-state index >= 15 is 0 Å². The second-order valence-electron chi connectivity index (χ2n) is 8.53. The second kappa shape index (κ2) is 8.80. The van der Waals surface area contributed by atoms with Crippen molar-refractivity contribution in [2.75, 3.05) is 26.2 Å².